The first-order chi connectivity index (χ1) is 10.8. The molecule has 0 aromatic heterocycles. The van der Waals surface area contributed by atoms with Crippen molar-refractivity contribution in [3.8, 4) is 11.5 Å². The van der Waals surface area contributed by atoms with E-state index in [4.69, 9.17) is 9.47 Å². The van der Waals surface area contributed by atoms with Gasteiger partial charge in [0.25, 0.3) is 0 Å². The van der Waals surface area contributed by atoms with Gasteiger partial charge in [-0.05, 0) is 48.6 Å². The maximum atomic E-state index is 5.95. The number of hydrogen-bond acceptors (Lipinski definition) is 2. The number of hydrogen-bond donors (Lipinski definition) is 0. The first-order valence-electron chi connectivity index (χ1n) is 8.14. The Morgan fingerprint density at radius 3 is 2.41 bits per heavy atom. The molecular weight excluding hydrogens is 272 g/mol. The highest BCUT2D eigenvalue weighted by atomic mass is 16.5. The summed E-state index contributed by atoms with van der Waals surface area (Å²) in [4.78, 5) is 0. The molecule has 0 aliphatic heterocycles. The molecule has 0 unspecified atom stereocenters. The summed E-state index contributed by atoms with van der Waals surface area (Å²) < 4.78 is 11.8. The van der Waals surface area contributed by atoms with Crippen LogP contribution in [0.15, 0.2) is 54.6 Å². The lowest BCUT2D eigenvalue weighted by Gasteiger charge is -2.47. The van der Waals surface area contributed by atoms with E-state index in [2.05, 4.69) is 25.1 Å². The van der Waals surface area contributed by atoms with E-state index in [1.54, 1.807) is 0 Å². The molecule has 0 spiro atoms. The highest BCUT2D eigenvalue weighted by Gasteiger charge is 2.45. The molecule has 1 aliphatic rings. The van der Waals surface area contributed by atoms with Crippen molar-refractivity contribution in [1.29, 1.82) is 0 Å². The number of methoxy groups -OCH3 is 1. The maximum absolute atomic E-state index is 5.95. The Kier molecular flexibility index (Phi) is 4.49. The molecule has 0 saturated heterocycles. The van der Waals surface area contributed by atoms with E-state index in [1.807, 2.05) is 43.5 Å². The van der Waals surface area contributed by atoms with Gasteiger partial charge in [0, 0.05) is 7.11 Å². The molecule has 1 fully saturated rings. The quantitative estimate of drug-likeness (QED) is 0.697. The second-order valence-electron chi connectivity index (χ2n) is 6.20. The van der Waals surface area contributed by atoms with Crippen molar-refractivity contribution in [1.82, 2.24) is 0 Å². The topological polar surface area (TPSA) is 18.5 Å². The molecule has 22 heavy (non-hydrogen) atoms. The largest absolute Gasteiger partial charge is 0.457 e. The highest BCUT2D eigenvalue weighted by molar-refractivity contribution is 5.37. The van der Waals surface area contributed by atoms with E-state index in [0.29, 0.717) is 0 Å². The highest BCUT2D eigenvalue weighted by Crippen LogP contribution is 2.50. The molecule has 0 radical (unpaired) electrons. The molecule has 2 aromatic rings. The van der Waals surface area contributed by atoms with Crippen LogP contribution in [0.2, 0.25) is 0 Å². The van der Waals surface area contributed by atoms with Crippen LogP contribution in [0.3, 0.4) is 0 Å². The van der Waals surface area contributed by atoms with E-state index in [1.165, 1.54) is 18.4 Å². The minimum absolute atomic E-state index is 0.115. The van der Waals surface area contributed by atoms with Gasteiger partial charge in [0.2, 0.25) is 0 Å². The van der Waals surface area contributed by atoms with Crippen LogP contribution in [-0.2, 0) is 10.3 Å². The average Bonchev–Trinajstić information content (AvgIpc) is 2.52. The van der Waals surface area contributed by atoms with Gasteiger partial charge in [-0.1, -0.05) is 50.1 Å². The van der Waals surface area contributed by atoms with Gasteiger partial charge in [-0.25, -0.2) is 0 Å². The third-order valence-corrected chi connectivity index (χ3v) is 4.66. The van der Waals surface area contributed by atoms with Gasteiger partial charge in [0.05, 0.1) is 5.60 Å². The minimum atomic E-state index is -0.115. The van der Waals surface area contributed by atoms with Crippen molar-refractivity contribution in [2.45, 2.75) is 38.2 Å². The third kappa shape index (κ3) is 3.02. The summed E-state index contributed by atoms with van der Waals surface area (Å²) in [5.74, 6) is 2.53. The summed E-state index contributed by atoms with van der Waals surface area (Å²) in [6, 6.07) is 18.2. The van der Waals surface area contributed by atoms with E-state index < -0.39 is 0 Å². The van der Waals surface area contributed by atoms with Crippen LogP contribution in [-0.4, -0.2) is 7.11 Å². The molecule has 0 atom stereocenters. The number of ether oxygens (including phenoxy) is 2. The average molecular weight is 296 g/mol. The summed E-state index contributed by atoms with van der Waals surface area (Å²) in [7, 11) is 1.83. The van der Waals surface area contributed by atoms with Crippen LogP contribution in [0, 0.1) is 5.92 Å². The standard InChI is InChI=1S/C20H24O2/c1-3-8-16-14-20(15-16,21-2)17-9-7-12-19(13-17)22-18-10-5-4-6-11-18/h4-7,9-13,16H,3,8,14-15H2,1-2H3. The number of para-hydroxylation sites is 1. The van der Waals surface area contributed by atoms with Crippen molar-refractivity contribution in [2.24, 2.45) is 5.92 Å². The third-order valence-electron chi connectivity index (χ3n) is 4.66. The van der Waals surface area contributed by atoms with Gasteiger partial charge < -0.3 is 9.47 Å². The molecule has 0 bridgehead atoms. The predicted octanol–water partition coefficient (Wildman–Crippen LogP) is 5.53. The molecule has 0 amide bonds. The van der Waals surface area contributed by atoms with E-state index >= 15 is 0 Å². The van der Waals surface area contributed by atoms with Crippen LogP contribution < -0.4 is 4.74 Å². The van der Waals surface area contributed by atoms with Crippen molar-refractivity contribution in [3.05, 3.63) is 60.2 Å². The Hall–Kier alpha value is -1.80. The summed E-state index contributed by atoms with van der Waals surface area (Å²) in [6.45, 7) is 2.25. The fourth-order valence-electron chi connectivity index (χ4n) is 3.47. The predicted molar refractivity (Wildman–Crippen MR) is 89.3 cm³/mol. The van der Waals surface area contributed by atoms with Gasteiger partial charge in [-0.3, -0.25) is 0 Å². The smallest absolute Gasteiger partial charge is 0.127 e. The molecule has 2 nitrogen and oxygen atoms in total. The normalized spacial score (nSPS) is 23.8. The Labute approximate surface area is 133 Å². The zero-order valence-corrected chi connectivity index (χ0v) is 13.4. The molecular formula is C20H24O2. The van der Waals surface area contributed by atoms with Gasteiger partial charge in [0.1, 0.15) is 11.5 Å². The summed E-state index contributed by atoms with van der Waals surface area (Å²) in [5, 5.41) is 0. The Morgan fingerprint density at radius 1 is 1.00 bits per heavy atom. The first kappa shape index (κ1) is 15.1. The summed E-state index contributed by atoms with van der Waals surface area (Å²) in [6.07, 6.45) is 4.78. The van der Waals surface area contributed by atoms with Crippen LogP contribution in [0.4, 0.5) is 0 Å². The zero-order valence-electron chi connectivity index (χ0n) is 13.4. The number of rotatable bonds is 6. The molecule has 2 aromatic carbocycles. The summed E-state index contributed by atoms with van der Waals surface area (Å²) in [5.41, 5.74) is 1.12. The molecule has 0 heterocycles. The fraction of sp³-hybridized carbons (Fsp3) is 0.400. The van der Waals surface area contributed by atoms with Gasteiger partial charge in [0.15, 0.2) is 0 Å². The minimum Gasteiger partial charge on any atom is -0.457 e. The molecule has 1 aliphatic carbocycles. The lowest BCUT2D eigenvalue weighted by atomic mass is 9.65. The molecule has 1 saturated carbocycles. The summed E-state index contributed by atoms with van der Waals surface area (Å²) >= 11 is 0. The first-order valence-corrected chi connectivity index (χ1v) is 8.14. The second kappa shape index (κ2) is 6.53. The fourth-order valence-corrected chi connectivity index (χ4v) is 3.47. The van der Waals surface area contributed by atoms with Crippen LogP contribution in [0.1, 0.15) is 38.2 Å². The zero-order chi connectivity index (χ0) is 15.4. The van der Waals surface area contributed by atoms with Gasteiger partial charge >= 0.3 is 0 Å². The Bertz CT molecular complexity index is 600. The van der Waals surface area contributed by atoms with E-state index in [9.17, 15) is 0 Å². The SMILES string of the molecule is CCCC1CC(OC)(c2cccc(Oc3ccccc3)c2)C1. The van der Waals surface area contributed by atoms with Crippen molar-refractivity contribution in [3.63, 3.8) is 0 Å². The van der Waals surface area contributed by atoms with Crippen LogP contribution in [0.5, 0.6) is 11.5 Å². The van der Waals surface area contributed by atoms with Gasteiger partial charge in [-0.2, -0.15) is 0 Å². The maximum Gasteiger partial charge on any atom is 0.127 e. The van der Waals surface area contributed by atoms with Crippen molar-refractivity contribution >= 4 is 0 Å². The molecule has 0 N–H and O–H groups in total. The van der Waals surface area contributed by atoms with E-state index in [-0.39, 0.29) is 5.60 Å². The van der Waals surface area contributed by atoms with E-state index in [0.717, 1.165) is 30.3 Å². The molecule has 3 rings (SSSR count). The molecule has 116 valence electrons. The number of benzene rings is 2. The van der Waals surface area contributed by atoms with Crippen LogP contribution in [0.25, 0.3) is 0 Å². The Morgan fingerprint density at radius 2 is 1.73 bits per heavy atom. The second-order valence-corrected chi connectivity index (χ2v) is 6.20. The lowest BCUT2D eigenvalue weighted by Crippen LogP contribution is -2.42. The Balaban J connectivity index is 1.76. The lowest BCUT2D eigenvalue weighted by molar-refractivity contribution is -0.114. The monoisotopic (exact) mass is 296 g/mol. The van der Waals surface area contributed by atoms with Gasteiger partial charge in [-0.15, -0.1) is 0 Å². The van der Waals surface area contributed by atoms with Crippen LogP contribution >= 0.6 is 0 Å². The molecule has 2 heteroatoms. The van der Waals surface area contributed by atoms with Crippen molar-refractivity contribution < 1.29 is 9.47 Å². The van der Waals surface area contributed by atoms with Crippen molar-refractivity contribution in [2.75, 3.05) is 7.11 Å².